The van der Waals surface area contributed by atoms with Crippen LogP contribution in [0.15, 0.2) is 22.7 Å². The Morgan fingerprint density at radius 1 is 1.43 bits per heavy atom. The van der Waals surface area contributed by atoms with Crippen LogP contribution < -0.4 is 5.32 Å². The molecule has 1 atom stereocenters. The second kappa shape index (κ2) is 6.26. The predicted molar refractivity (Wildman–Crippen MR) is 79.0 cm³/mol. The molecule has 0 spiro atoms. The van der Waals surface area contributed by atoms with Crippen LogP contribution in [0.3, 0.4) is 0 Å². The molecule has 1 aliphatic rings. The minimum absolute atomic E-state index is 0.300. The zero-order valence-electron chi connectivity index (χ0n) is 11.4. The minimum atomic E-state index is -1.11. The molecule has 7 heteroatoms. The fraction of sp³-hybridized carbons (Fsp3) is 0.357. The molecule has 1 heterocycles. The lowest BCUT2D eigenvalue weighted by Crippen LogP contribution is -2.57. The van der Waals surface area contributed by atoms with Crippen LogP contribution >= 0.6 is 15.9 Å². The van der Waals surface area contributed by atoms with E-state index in [-0.39, 0.29) is 5.91 Å². The average Bonchev–Trinajstić information content (AvgIpc) is 2.38. The molecule has 1 unspecified atom stereocenters. The molecule has 0 aliphatic carbocycles. The van der Waals surface area contributed by atoms with Gasteiger partial charge in [-0.2, -0.15) is 0 Å². The van der Waals surface area contributed by atoms with Crippen molar-refractivity contribution < 1.29 is 19.5 Å². The van der Waals surface area contributed by atoms with Crippen LogP contribution in [0, 0.1) is 6.92 Å². The minimum Gasteiger partial charge on any atom is -0.481 e. The van der Waals surface area contributed by atoms with E-state index < -0.39 is 24.3 Å². The van der Waals surface area contributed by atoms with Crippen molar-refractivity contribution in [2.45, 2.75) is 19.4 Å². The van der Waals surface area contributed by atoms with Crippen molar-refractivity contribution in [3.63, 3.8) is 0 Å². The monoisotopic (exact) mass is 354 g/mol. The van der Waals surface area contributed by atoms with Crippen LogP contribution in [0.1, 0.15) is 22.3 Å². The van der Waals surface area contributed by atoms with Gasteiger partial charge in [-0.1, -0.05) is 15.9 Å². The predicted octanol–water partition coefficient (Wildman–Crippen LogP) is 1.17. The van der Waals surface area contributed by atoms with Crippen LogP contribution in [0.25, 0.3) is 0 Å². The molecule has 0 aromatic heterocycles. The van der Waals surface area contributed by atoms with Gasteiger partial charge in [0.2, 0.25) is 5.91 Å². The second-order valence-electron chi connectivity index (χ2n) is 4.92. The maximum atomic E-state index is 12.6. The SMILES string of the molecule is Cc1cc(Br)cc(C(=O)N2CCNC(=O)C2CC(=O)O)c1. The fourth-order valence-electron chi connectivity index (χ4n) is 2.35. The first-order valence-electron chi connectivity index (χ1n) is 6.46. The van der Waals surface area contributed by atoms with Crippen LogP contribution in [-0.4, -0.2) is 46.9 Å². The van der Waals surface area contributed by atoms with Gasteiger partial charge >= 0.3 is 5.97 Å². The van der Waals surface area contributed by atoms with E-state index in [1.807, 2.05) is 13.0 Å². The van der Waals surface area contributed by atoms with Gasteiger partial charge in [-0.3, -0.25) is 14.4 Å². The molecule has 21 heavy (non-hydrogen) atoms. The van der Waals surface area contributed by atoms with Crippen LogP contribution in [0.5, 0.6) is 0 Å². The molecule has 112 valence electrons. The highest BCUT2D eigenvalue weighted by molar-refractivity contribution is 9.10. The van der Waals surface area contributed by atoms with Gasteiger partial charge in [0.1, 0.15) is 6.04 Å². The summed E-state index contributed by atoms with van der Waals surface area (Å²) in [5, 5.41) is 11.5. The number of aliphatic carboxylic acids is 1. The molecule has 0 saturated carbocycles. The molecule has 1 fully saturated rings. The number of benzene rings is 1. The Balaban J connectivity index is 2.30. The van der Waals surface area contributed by atoms with Gasteiger partial charge in [0.15, 0.2) is 0 Å². The van der Waals surface area contributed by atoms with E-state index in [2.05, 4.69) is 21.2 Å². The number of nitrogens with zero attached hydrogens (tertiary/aromatic N) is 1. The number of carbonyl (C=O) groups is 3. The highest BCUT2D eigenvalue weighted by Crippen LogP contribution is 2.19. The Hall–Kier alpha value is -1.89. The number of aryl methyl sites for hydroxylation is 1. The molecule has 0 bridgehead atoms. The summed E-state index contributed by atoms with van der Waals surface area (Å²) in [7, 11) is 0. The normalized spacial score (nSPS) is 18.3. The van der Waals surface area contributed by atoms with E-state index in [1.165, 1.54) is 4.90 Å². The topological polar surface area (TPSA) is 86.7 Å². The lowest BCUT2D eigenvalue weighted by Gasteiger charge is -2.34. The van der Waals surface area contributed by atoms with E-state index in [4.69, 9.17) is 5.11 Å². The highest BCUT2D eigenvalue weighted by Gasteiger charge is 2.35. The molecule has 2 N–H and O–H groups in total. The smallest absolute Gasteiger partial charge is 0.305 e. The number of hydrogen-bond acceptors (Lipinski definition) is 3. The van der Waals surface area contributed by atoms with Crippen molar-refractivity contribution in [2.75, 3.05) is 13.1 Å². The summed E-state index contributed by atoms with van der Waals surface area (Å²) in [6.45, 7) is 2.49. The molecule has 1 saturated heterocycles. The molecule has 2 rings (SSSR count). The van der Waals surface area contributed by atoms with Gasteiger partial charge in [0, 0.05) is 23.1 Å². The van der Waals surface area contributed by atoms with Crippen LogP contribution in [-0.2, 0) is 9.59 Å². The van der Waals surface area contributed by atoms with Crippen LogP contribution in [0.2, 0.25) is 0 Å². The Morgan fingerprint density at radius 2 is 2.14 bits per heavy atom. The fourth-order valence-corrected chi connectivity index (χ4v) is 2.96. The van der Waals surface area contributed by atoms with Gasteiger partial charge in [0.25, 0.3) is 5.91 Å². The third kappa shape index (κ3) is 3.60. The van der Waals surface area contributed by atoms with Crippen LogP contribution in [0.4, 0.5) is 0 Å². The third-order valence-corrected chi connectivity index (χ3v) is 3.71. The summed E-state index contributed by atoms with van der Waals surface area (Å²) in [5.41, 5.74) is 1.34. The van der Waals surface area contributed by atoms with E-state index in [0.29, 0.717) is 18.7 Å². The lowest BCUT2D eigenvalue weighted by molar-refractivity contribution is -0.142. The first-order valence-corrected chi connectivity index (χ1v) is 7.25. The van der Waals surface area contributed by atoms with Crippen molar-refractivity contribution in [3.8, 4) is 0 Å². The molecular formula is C14H15BrN2O4. The van der Waals surface area contributed by atoms with Gasteiger partial charge in [-0.15, -0.1) is 0 Å². The molecule has 2 amide bonds. The summed E-state index contributed by atoms with van der Waals surface area (Å²) >= 11 is 3.33. The van der Waals surface area contributed by atoms with Crippen molar-refractivity contribution in [3.05, 3.63) is 33.8 Å². The molecule has 0 radical (unpaired) electrons. The van der Waals surface area contributed by atoms with Gasteiger partial charge < -0.3 is 15.3 Å². The number of carboxylic acid groups (broad SMARTS) is 1. The maximum absolute atomic E-state index is 12.6. The summed E-state index contributed by atoms with van der Waals surface area (Å²) in [6, 6.07) is 4.29. The van der Waals surface area contributed by atoms with E-state index in [0.717, 1.165) is 10.0 Å². The number of halogens is 1. The lowest BCUT2D eigenvalue weighted by atomic mass is 10.1. The largest absolute Gasteiger partial charge is 0.481 e. The molecule has 1 aliphatic heterocycles. The average molecular weight is 355 g/mol. The highest BCUT2D eigenvalue weighted by atomic mass is 79.9. The summed E-state index contributed by atoms with van der Waals surface area (Å²) in [5.74, 6) is -1.87. The van der Waals surface area contributed by atoms with E-state index in [1.54, 1.807) is 12.1 Å². The summed E-state index contributed by atoms with van der Waals surface area (Å²) < 4.78 is 0.766. The quantitative estimate of drug-likeness (QED) is 0.852. The number of nitrogens with one attached hydrogen (secondary N) is 1. The Morgan fingerprint density at radius 3 is 2.76 bits per heavy atom. The Bertz CT molecular complexity index is 582. The molecule has 1 aromatic rings. The first-order chi connectivity index (χ1) is 9.88. The second-order valence-corrected chi connectivity index (χ2v) is 5.84. The van der Waals surface area contributed by atoms with Crippen molar-refractivity contribution in [1.29, 1.82) is 0 Å². The van der Waals surface area contributed by atoms with Gasteiger partial charge in [-0.05, 0) is 30.7 Å². The number of amides is 2. The number of carbonyl (C=O) groups excluding carboxylic acids is 2. The van der Waals surface area contributed by atoms with Crippen molar-refractivity contribution in [2.24, 2.45) is 0 Å². The summed E-state index contributed by atoms with van der Waals surface area (Å²) in [4.78, 5) is 36.6. The number of carboxylic acids is 1. The zero-order chi connectivity index (χ0) is 15.6. The molecule has 1 aromatic carbocycles. The standard InChI is InChI=1S/C14H15BrN2O4/c1-8-4-9(6-10(15)5-8)14(21)17-3-2-16-13(20)11(17)7-12(18)19/h4-6,11H,2-3,7H2,1H3,(H,16,20)(H,18,19). The van der Waals surface area contributed by atoms with Crippen molar-refractivity contribution in [1.82, 2.24) is 10.2 Å². The van der Waals surface area contributed by atoms with Gasteiger partial charge in [-0.25, -0.2) is 0 Å². The number of rotatable bonds is 3. The zero-order valence-corrected chi connectivity index (χ0v) is 13.0. The van der Waals surface area contributed by atoms with Gasteiger partial charge in [0.05, 0.1) is 6.42 Å². The summed E-state index contributed by atoms with van der Waals surface area (Å²) in [6.07, 6.45) is -0.398. The number of hydrogen-bond donors (Lipinski definition) is 2. The number of piperazine rings is 1. The van der Waals surface area contributed by atoms with E-state index >= 15 is 0 Å². The van der Waals surface area contributed by atoms with E-state index in [9.17, 15) is 14.4 Å². The molecule has 6 nitrogen and oxygen atoms in total. The third-order valence-electron chi connectivity index (χ3n) is 3.25. The molecular weight excluding hydrogens is 340 g/mol. The first kappa shape index (κ1) is 15.5. The maximum Gasteiger partial charge on any atom is 0.305 e. The van der Waals surface area contributed by atoms with Crippen molar-refractivity contribution >= 4 is 33.7 Å². The Kier molecular flexibility index (Phi) is 4.62. The Labute approximate surface area is 130 Å².